The van der Waals surface area contributed by atoms with E-state index in [0.717, 1.165) is 17.3 Å². The van der Waals surface area contributed by atoms with Crippen LogP contribution in [-0.2, 0) is 16.3 Å². The van der Waals surface area contributed by atoms with E-state index in [2.05, 4.69) is 15.9 Å². The maximum atomic E-state index is 11.8. The molecule has 0 atom stereocenters. The molecule has 0 heterocycles. The van der Waals surface area contributed by atoms with Crippen molar-refractivity contribution in [3.63, 3.8) is 0 Å². The van der Waals surface area contributed by atoms with Gasteiger partial charge in [-0.3, -0.25) is 0 Å². The third-order valence-electron chi connectivity index (χ3n) is 2.26. The van der Waals surface area contributed by atoms with E-state index in [4.69, 9.17) is 0 Å². The molecule has 0 aromatic heterocycles. The summed E-state index contributed by atoms with van der Waals surface area (Å²) >= 11 is 3.35. The minimum atomic E-state index is -3.12. The lowest BCUT2D eigenvalue weighted by atomic mass is 10.2. The van der Waals surface area contributed by atoms with Crippen molar-refractivity contribution in [1.29, 1.82) is 0 Å². The zero-order chi connectivity index (χ0) is 11.5. The SMILES string of the molecule is CC(C)S(=O)(=O)c1ccc(CCBr)cc1. The molecule has 0 fully saturated rings. The molecule has 0 unspecified atom stereocenters. The van der Waals surface area contributed by atoms with E-state index in [1.165, 1.54) is 0 Å². The largest absolute Gasteiger partial charge is 0.223 e. The summed E-state index contributed by atoms with van der Waals surface area (Å²) in [6.45, 7) is 3.39. The summed E-state index contributed by atoms with van der Waals surface area (Å²) in [5, 5.41) is 0.531. The second kappa shape index (κ2) is 5.12. The summed E-state index contributed by atoms with van der Waals surface area (Å²) in [7, 11) is -3.12. The third-order valence-corrected chi connectivity index (χ3v) is 4.82. The van der Waals surface area contributed by atoms with Crippen molar-refractivity contribution in [3.05, 3.63) is 29.8 Å². The molecule has 0 aliphatic rings. The van der Waals surface area contributed by atoms with Crippen LogP contribution in [0.4, 0.5) is 0 Å². The van der Waals surface area contributed by atoms with Crippen LogP contribution >= 0.6 is 15.9 Å². The lowest BCUT2D eigenvalue weighted by Crippen LogP contribution is -2.13. The van der Waals surface area contributed by atoms with Crippen LogP contribution in [-0.4, -0.2) is 19.0 Å². The molecular formula is C11H15BrO2S. The highest BCUT2D eigenvalue weighted by Gasteiger charge is 2.18. The van der Waals surface area contributed by atoms with Crippen LogP contribution < -0.4 is 0 Å². The van der Waals surface area contributed by atoms with Gasteiger partial charge in [0.25, 0.3) is 0 Å². The molecule has 4 heteroatoms. The molecule has 0 amide bonds. The predicted octanol–water partition coefficient (Wildman–Crippen LogP) is 2.81. The highest BCUT2D eigenvalue weighted by Crippen LogP contribution is 2.16. The lowest BCUT2D eigenvalue weighted by molar-refractivity contribution is 0.587. The van der Waals surface area contributed by atoms with Crippen LogP contribution in [0.15, 0.2) is 29.2 Å². The monoisotopic (exact) mass is 290 g/mol. The van der Waals surface area contributed by atoms with Gasteiger partial charge in [-0.2, -0.15) is 0 Å². The van der Waals surface area contributed by atoms with Crippen molar-refractivity contribution in [1.82, 2.24) is 0 Å². The van der Waals surface area contributed by atoms with Gasteiger partial charge >= 0.3 is 0 Å². The molecule has 0 radical (unpaired) electrons. The number of aryl methyl sites for hydroxylation is 1. The van der Waals surface area contributed by atoms with E-state index in [1.54, 1.807) is 26.0 Å². The standard InChI is InChI=1S/C11H15BrO2S/c1-9(2)15(13,14)11-5-3-10(4-6-11)7-8-12/h3-6,9H,7-8H2,1-2H3. The molecular weight excluding hydrogens is 276 g/mol. The molecule has 1 rings (SSSR count). The predicted molar refractivity (Wildman–Crippen MR) is 66.3 cm³/mol. The molecule has 0 saturated carbocycles. The quantitative estimate of drug-likeness (QED) is 0.799. The van der Waals surface area contributed by atoms with Gasteiger partial charge in [-0.25, -0.2) is 8.42 Å². The van der Waals surface area contributed by atoms with Crippen LogP contribution in [0.3, 0.4) is 0 Å². The minimum absolute atomic E-state index is 0.362. The van der Waals surface area contributed by atoms with E-state index < -0.39 is 9.84 Å². The van der Waals surface area contributed by atoms with Gasteiger partial charge in [-0.15, -0.1) is 0 Å². The average molecular weight is 291 g/mol. The number of rotatable bonds is 4. The number of hydrogen-bond donors (Lipinski definition) is 0. The van der Waals surface area contributed by atoms with Crippen molar-refractivity contribution in [3.8, 4) is 0 Å². The number of alkyl halides is 1. The summed E-state index contributed by atoms with van der Waals surface area (Å²) in [6.07, 6.45) is 0.919. The fourth-order valence-corrected chi connectivity index (χ4v) is 2.74. The van der Waals surface area contributed by atoms with E-state index in [-0.39, 0.29) is 5.25 Å². The third kappa shape index (κ3) is 3.05. The van der Waals surface area contributed by atoms with Crippen molar-refractivity contribution in [2.24, 2.45) is 0 Å². The second-order valence-corrected chi connectivity index (χ2v) is 6.97. The van der Waals surface area contributed by atoms with Crippen LogP contribution in [0.2, 0.25) is 0 Å². The molecule has 2 nitrogen and oxygen atoms in total. The first kappa shape index (κ1) is 12.7. The molecule has 0 aliphatic heterocycles. The Hall–Kier alpha value is -0.350. The number of benzene rings is 1. The summed E-state index contributed by atoms with van der Waals surface area (Å²) in [6, 6.07) is 7.12. The summed E-state index contributed by atoms with van der Waals surface area (Å²) in [4.78, 5) is 0.413. The van der Waals surface area contributed by atoms with Crippen molar-refractivity contribution in [2.45, 2.75) is 30.4 Å². The van der Waals surface area contributed by atoms with Gasteiger partial charge in [0.2, 0.25) is 0 Å². The van der Waals surface area contributed by atoms with Crippen LogP contribution in [0.1, 0.15) is 19.4 Å². The smallest absolute Gasteiger partial charge is 0.180 e. The Labute approximate surface area is 99.7 Å². The molecule has 15 heavy (non-hydrogen) atoms. The molecule has 0 N–H and O–H groups in total. The van der Waals surface area contributed by atoms with E-state index in [0.29, 0.717) is 4.90 Å². The fourth-order valence-electron chi connectivity index (χ4n) is 1.23. The van der Waals surface area contributed by atoms with Gasteiger partial charge in [0, 0.05) is 5.33 Å². The van der Waals surface area contributed by atoms with E-state index >= 15 is 0 Å². The molecule has 1 aromatic carbocycles. The summed E-state index contributed by atoms with van der Waals surface area (Å²) < 4.78 is 23.6. The average Bonchev–Trinajstić information content (AvgIpc) is 2.19. The Balaban J connectivity index is 2.99. The zero-order valence-corrected chi connectivity index (χ0v) is 11.3. The Morgan fingerprint density at radius 2 is 1.73 bits per heavy atom. The van der Waals surface area contributed by atoms with Crippen molar-refractivity contribution in [2.75, 3.05) is 5.33 Å². The van der Waals surface area contributed by atoms with Gasteiger partial charge in [-0.1, -0.05) is 28.1 Å². The number of hydrogen-bond acceptors (Lipinski definition) is 2. The van der Waals surface area contributed by atoms with Gasteiger partial charge < -0.3 is 0 Å². The van der Waals surface area contributed by atoms with Crippen molar-refractivity contribution < 1.29 is 8.42 Å². The molecule has 0 aliphatic carbocycles. The fraction of sp³-hybridized carbons (Fsp3) is 0.455. The van der Waals surface area contributed by atoms with Gasteiger partial charge in [0.1, 0.15) is 0 Å². The summed E-state index contributed by atoms with van der Waals surface area (Å²) in [5.41, 5.74) is 1.15. The van der Waals surface area contributed by atoms with Crippen LogP contribution in [0.5, 0.6) is 0 Å². The van der Waals surface area contributed by atoms with Crippen LogP contribution in [0, 0.1) is 0 Å². The lowest BCUT2D eigenvalue weighted by Gasteiger charge is -2.08. The molecule has 1 aromatic rings. The van der Waals surface area contributed by atoms with Crippen LogP contribution in [0.25, 0.3) is 0 Å². The second-order valence-electron chi connectivity index (χ2n) is 3.68. The first-order valence-electron chi connectivity index (χ1n) is 4.87. The molecule has 0 saturated heterocycles. The minimum Gasteiger partial charge on any atom is -0.223 e. The Morgan fingerprint density at radius 3 is 2.13 bits per heavy atom. The number of halogens is 1. The normalized spacial score (nSPS) is 12.0. The molecule has 84 valence electrons. The Kier molecular flexibility index (Phi) is 4.34. The van der Waals surface area contributed by atoms with Gasteiger partial charge in [-0.05, 0) is 38.0 Å². The Bertz CT molecular complexity index is 407. The first-order chi connectivity index (χ1) is 6.98. The van der Waals surface area contributed by atoms with E-state index in [9.17, 15) is 8.42 Å². The number of sulfone groups is 1. The van der Waals surface area contributed by atoms with Crippen molar-refractivity contribution >= 4 is 25.8 Å². The van der Waals surface area contributed by atoms with E-state index in [1.807, 2.05) is 12.1 Å². The highest BCUT2D eigenvalue weighted by molar-refractivity contribution is 9.09. The maximum Gasteiger partial charge on any atom is 0.180 e. The Morgan fingerprint density at radius 1 is 1.20 bits per heavy atom. The maximum absolute atomic E-state index is 11.8. The topological polar surface area (TPSA) is 34.1 Å². The molecule has 0 bridgehead atoms. The summed E-state index contributed by atoms with van der Waals surface area (Å²) in [5.74, 6) is 0. The highest BCUT2D eigenvalue weighted by atomic mass is 79.9. The zero-order valence-electron chi connectivity index (χ0n) is 8.90. The van der Waals surface area contributed by atoms with Gasteiger partial charge in [0.15, 0.2) is 9.84 Å². The first-order valence-corrected chi connectivity index (χ1v) is 7.54. The molecule has 0 spiro atoms. The van der Waals surface area contributed by atoms with Gasteiger partial charge in [0.05, 0.1) is 10.1 Å².